The van der Waals surface area contributed by atoms with Crippen LogP contribution >= 0.6 is 0 Å². The van der Waals surface area contributed by atoms with Crippen molar-refractivity contribution in [2.75, 3.05) is 13.2 Å². The van der Waals surface area contributed by atoms with E-state index in [1.807, 2.05) is 0 Å². The molecule has 0 aromatic rings. The van der Waals surface area contributed by atoms with Gasteiger partial charge in [0, 0.05) is 13.0 Å². The number of hydrogen-bond donors (Lipinski definition) is 5. The molecule has 0 rings (SSSR count). The Morgan fingerprint density at radius 1 is 0.523 bits per heavy atom. The molecule has 0 radical (unpaired) electrons. The summed E-state index contributed by atoms with van der Waals surface area (Å²) in [6.07, 6.45) is 23.3. The maximum absolute atomic E-state index is 12.2. The molecule has 0 saturated carbocycles. The molecule has 0 aromatic carbocycles. The molecule has 4 atom stereocenters. The third-order valence-electron chi connectivity index (χ3n) is 8.57. The van der Waals surface area contributed by atoms with E-state index in [1.54, 1.807) is 0 Å². The lowest BCUT2D eigenvalue weighted by molar-refractivity contribution is -0.159. The van der Waals surface area contributed by atoms with Crippen molar-refractivity contribution in [3.05, 3.63) is 0 Å². The fourth-order valence-corrected chi connectivity index (χ4v) is 5.49. The van der Waals surface area contributed by atoms with E-state index in [4.69, 9.17) is 4.74 Å². The van der Waals surface area contributed by atoms with Crippen molar-refractivity contribution < 1.29 is 34.8 Å². The Morgan fingerprint density at radius 2 is 0.886 bits per heavy atom. The topological polar surface area (TPSA) is 136 Å². The molecule has 0 heterocycles. The van der Waals surface area contributed by atoms with Crippen LogP contribution in [-0.2, 0) is 14.3 Å². The summed E-state index contributed by atoms with van der Waals surface area (Å²) in [6, 6.07) is 0. The molecule has 0 aliphatic carbocycles. The largest absolute Gasteiger partial charge is 0.463 e. The maximum atomic E-state index is 12.2. The minimum atomic E-state index is -1.90. The number of esters is 1. The molecule has 4 unspecified atom stereocenters. The van der Waals surface area contributed by atoms with Gasteiger partial charge < -0.3 is 30.5 Å². The first kappa shape index (κ1) is 42.8. The van der Waals surface area contributed by atoms with Crippen LogP contribution in [0.1, 0.15) is 181 Å². The zero-order valence-electron chi connectivity index (χ0n) is 28.6. The third kappa shape index (κ3) is 26.0. The summed E-state index contributed by atoms with van der Waals surface area (Å²) in [4.78, 5) is 24.2. The number of aliphatic hydroxyl groups excluding tert-OH is 4. The Bertz CT molecular complexity index is 648. The molecule has 5 N–H and O–H groups in total. The van der Waals surface area contributed by atoms with Crippen molar-refractivity contribution in [1.82, 2.24) is 5.32 Å². The van der Waals surface area contributed by atoms with Gasteiger partial charge in [0.15, 0.2) is 6.10 Å². The number of nitrogens with one attached hydrogen (secondary N) is 1. The normalized spacial score (nSPS) is 14.2. The summed E-state index contributed by atoms with van der Waals surface area (Å²) in [5.74, 6) is -1.28. The van der Waals surface area contributed by atoms with Crippen LogP contribution in [0.2, 0.25) is 0 Å². The van der Waals surface area contributed by atoms with Gasteiger partial charge in [-0.3, -0.25) is 9.59 Å². The number of hydrogen-bond acceptors (Lipinski definition) is 7. The van der Waals surface area contributed by atoms with Crippen LogP contribution in [0, 0.1) is 0 Å². The van der Waals surface area contributed by atoms with Crippen molar-refractivity contribution >= 4 is 11.9 Å². The average Bonchev–Trinajstić information content (AvgIpc) is 3.03. The van der Waals surface area contributed by atoms with Gasteiger partial charge in [0.1, 0.15) is 24.9 Å². The molecule has 8 heteroatoms. The summed E-state index contributed by atoms with van der Waals surface area (Å²) >= 11 is 0. The zero-order chi connectivity index (χ0) is 32.7. The monoisotopic (exact) mass is 630 g/mol. The predicted molar refractivity (Wildman–Crippen MR) is 179 cm³/mol. The number of amides is 1. The van der Waals surface area contributed by atoms with Crippen LogP contribution in [0.3, 0.4) is 0 Å². The van der Waals surface area contributed by atoms with Gasteiger partial charge in [0.05, 0.1) is 0 Å². The number of carbonyl (C=O) groups is 2. The lowest BCUT2D eigenvalue weighted by Crippen LogP contribution is -2.52. The highest BCUT2D eigenvalue weighted by Gasteiger charge is 2.34. The highest BCUT2D eigenvalue weighted by atomic mass is 16.5. The van der Waals surface area contributed by atoms with Crippen molar-refractivity contribution in [3.63, 3.8) is 0 Å². The molecule has 0 fully saturated rings. The molecule has 1 amide bonds. The smallest absolute Gasteiger partial charge is 0.305 e. The number of carbonyl (C=O) groups excluding carboxylic acids is 2. The van der Waals surface area contributed by atoms with Gasteiger partial charge in [-0.15, -0.1) is 0 Å². The van der Waals surface area contributed by atoms with E-state index < -0.39 is 42.9 Å². The Morgan fingerprint density at radius 3 is 1.30 bits per heavy atom. The standard InChI is InChI=1S/C36H71NO7/c1-3-5-7-9-11-13-15-16-17-18-19-20-22-24-26-28-32(39)44-30-31(38)33(40)34(41)35(42)36(43)37-29-27-25-23-21-14-12-10-8-6-4-2/h31,33-35,38,40-42H,3-30H2,1-2H3,(H,37,43). The van der Waals surface area contributed by atoms with Crippen molar-refractivity contribution in [2.45, 2.75) is 205 Å². The van der Waals surface area contributed by atoms with Gasteiger partial charge in [-0.05, 0) is 12.8 Å². The Hall–Kier alpha value is -1.22. The van der Waals surface area contributed by atoms with Gasteiger partial charge in [0.25, 0.3) is 5.91 Å². The minimum Gasteiger partial charge on any atom is -0.463 e. The molecule has 0 bridgehead atoms. The van der Waals surface area contributed by atoms with E-state index in [-0.39, 0.29) is 6.42 Å². The number of aliphatic hydroxyl groups is 4. The molecule has 0 aliphatic rings. The Balaban J connectivity index is 3.76. The second kappa shape index (κ2) is 31.7. The highest BCUT2D eigenvalue weighted by Crippen LogP contribution is 2.14. The minimum absolute atomic E-state index is 0.230. The van der Waals surface area contributed by atoms with Crippen LogP contribution in [-0.4, -0.2) is 69.9 Å². The predicted octanol–water partition coefficient (Wildman–Crippen LogP) is 7.27. The van der Waals surface area contributed by atoms with Crippen molar-refractivity contribution in [1.29, 1.82) is 0 Å². The molecule has 0 aliphatic heterocycles. The van der Waals surface area contributed by atoms with Crippen LogP contribution in [0.15, 0.2) is 0 Å². The van der Waals surface area contributed by atoms with Crippen LogP contribution < -0.4 is 5.32 Å². The van der Waals surface area contributed by atoms with Gasteiger partial charge >= 0.3 is 5.97 Å². The van der Waals surface area contributed by atoms with Crippen molar-refractivity contribution in [2.24, 2.45) is 0 Å². The Labute approximate surface area is 270 Å². The lowest BCUT2D eigenvalue weighted by atomic mass is 10.0. The van der Waals surface area contributed by atoms with Gasteiger partial charge in [0.2, 0.25) is 0 Å². The number of rotatable bonds is 33. The molecular formula is C36H71NO7. The second-order valence-electron chi connectivity index (χ2n) is 12.8. The number of unbranched alkanes of at least 4 members (excludes halogenated alkanes) is 23. The first-order chi connectivity index (χ1) is 21.3. The summed E-state index contributed by atoms with van der Waals surface area (Å²) in [5, 5.41) is 43.1. The van der Waals surface area contributed by atoms with Gasteiger partial charge in [-0.25, -0.2) is 0 Å². The lowest BCUT2D eigenvalue weighted by Gasteiger charge is -2.25. The third-order valence-corrected chi connectivity index (χ3v) is 8.57. The highest BCUT2D eigenvalue weighted by molar-refractivity contribution is 5.81. The van der Waals surface area contributed by atoms with E-state index in [2.05, 4.69) is 19.2 Å². The fraction of sp³-hybridized carbons (Fsp3) is 0.944. The average molecular weight is 630 g/mol. The maximum Gasteiger partial charge on any atom is 0.305 e. The zero-order valence-corrected chi connectivity index (χ0v) is 28.6. The molecule has 44 heavy (non-hydrogen) atoms. The van der Waals surface area contributed by atoms with E-state index in [0.29, 0.717) is 13.0 Å². The quantitative estimate of drug-likeness (QED) is 0.0380. The molecule has 262 valence electrons. The Kier molecular flexibility index (Phi) is 30.9. The summed E-state index contributed by atoms with van der Waals surface area (Å²) in [5.41, 5.74) is 0. The first-order valence-corrected chi connectivity index (χ1v) is 18.5. The molecule has 0 saturated heterocycles. The molecular weight excluding hydrogens is 558 g/mol. The van der Waals surface area contributed by atoms with E-state index in [9.17, 15) is 30.0 Å². The van der Waals surface area contributed by atoms with Crippen LogP contribution in [0.4, 0.5) is 0 Å². The molecule has 0 aromatic heterocycles. The molecule has 0 spiro atoms. The van der Waals surface area contributed by atoms with Gasteiger partial charge in [-0.1, -0.05) is 162 Å². The van der Waals surface area contributed by atoms with Crippen LogP contribution in [0.25, 0.3) is 0 Å². The van der Waals surface area contributed by atoms with E-state index in [1.165, 1.54) is 122 Å². The first-order valence-electron chi connectivity index (χ1n) is 18.5. The summed E-state index contributed by atoms with van der Waals surface area (Å²) in [6.45, 7) is 4.32. The SMILES string of the molecule is CCCCCCCCCCCCCCCCCC(=O)OCC(O)C(O)C(O)C(O)C(=O)NCCCCCCCCCCCC. The van der Waals surface area contributed by atoms with Gasteiger partial charge in [-0.2, -0.15) is 0 Å². The number of ether oxygens (including phenoxy) is 1. The van der Waals surface area contributed by atoms with Crippen molar-refractivity contribution in [3.8, 4) is 0 Å². The fourth-order valence-electron chi connectivity index (χ4n) is 5.49. The molecule has 8 nitrogen and oxygen atoms in total. The summed E-state index contributed by atoms with van der Waals surface area (Å²) < 4.78 is 5.04. The van der Waals surface area contributed by atoms with E-state index >= 15 is 0 Å². The van der Waals surface area contributed by atoms with E-state index in [0.717, 1.165) is 32.1 Å². The van der Waals surface area contributed by atoms with Crippen LogP contribution in [0.5, 0.6) is 0 Å². The summed E-state index contributed by atoms with van der Waals surface area (Å²) in [7, 11) is 0. The second-order valence-corrected chi connectivity index (χ2v) is 12.8.